The fraction of sp³-hybridized carbons (Fsp3) is 0.455. The van der Waals surface area contributed by atoms with Gasteiger partial charge < -0.3 is 15.2 Å². The number of nitrogens with two attached hydrogens (primary N) is 1. The summed E-state index contributed by atoms with van der Waals surface area (Å²) in [7, 11) is 0. The average molecular weight is 314 g/mol. The molecule has 0 saturated carbocycles. The summed E-state index contributed by atoms with van der Waals surface area (Å²) in [5.41, 5.74) is 2.65. The summed E-state index contributed by atoms with van der Waals surface area (Å²) < 4.78 is 71.0. The molecule has 10 heteroatoms. The maximum absolute atomic E-state index is 12.9. The van der Waals surface area contributed by atoms with Gasteiger partial charge in [-0.3, -0.25) is 4.98 Å². The number of ether oxygens (including phenoxy) is 2. The molecule has 5 nitrogen and oxygen atoms in total. The van der Waals surface area contributed by atoms with Gasteiger partial charge in [0.15, 0.2) is 5.75 Å². The maximum Gasteiger partial charge on any atom is 0.573 e. The minimum Gasteiger partial charge on any atom is -0.462 e. The molecule has 0 amide bonds. The highest BCUT2D eigenvalue weighted by molar-refractivity contribution is 5.94. The Morgan fingerprint density at radius 1 is 1.43 bits per heavy atom. The standard InChI is InChI=1S/C11H11F5N2O3/c1-2-20-10(19)7-5(9(12)13)4-18-6(3-17)8(7)21-11(14,15)16/h4,9H,2-3,17H2,1H3. The first-order chi connectivity index (χ1) is 9.71. The number of pyridine rings is 1. The summed E-state index contributed by atoms with van der Waals surface area (Å²) in [5.74, 6) is -2.54. The molecule has 0 radical (unpaired) electrons. The first-order valence-corrected chi connectivity index (χ1v) is 5.64. The van der Waals surface area contributed by atoms with Crippen LogP contribution >= 0.6 is 0 Å². The number of alkyl halides is 5. The SMILES string of the molecule is CCOC(=O)c1c(C(F)F)cnc(CN)c1OC(F)(F)F. The monoisotopic (exact) mass is 314 g/mol. The van der Waals surface area contributed by atoms with Crippen molar-refractivity contribution in [1.29, 1.82) is 0 Å². The van der Waals surface area contributed by atoms with E-state index in [-0.39, 0.29) is 6.61 Å². The van der Waals surface area contributed by atoms with Crippen LogP contribution in [0.15, 0.2) is 6.20 Å². The minimum absolute atomic E-state index is 0.215. The van der Waals surface area contributed by atoms with E-state index in [0.717, 1.165) is 0 Å². The Bertz CT molecular complexity index is 519. The van der Waals surface area contributed by atoms with E-state index >= 15 is 0 Å². The van der Waals surface area contributed by atoms with Gasteiger partial charge in [-0.05, 0) is 6.92 Å². The second-order valence-corrected chi connectivity index (χ2v) is 3.64. The number of aromatic nitrogens is 1. The molecule has 0 aromatic carbocycles. The summed E-state index contributed by atoms with van der Waals surface area (Å²) in [4.78, 5) is 15.0. The number of nitrogens with zero attached hydrogens (tertiary/aromatic N) is 1. The molecule has 0 aliphatic heterocycles. The lowest BCUT2D eigenvalue weighted by Gasteiger charge is -2.17. The number of rotatable bonds is 5. The topological polar surface area (TPSA) is 74.4 Å². The summed E-state index contributed by atoms with van der Waals surface area (Å²) in [5, 5.41) is 0. The molecule has 1 rings (SSSR count). The van der Waals surface area contributed by atoms with Crippen LogP contribution in [-0.2, 0) is 11.3 Å². The highest BCUT2D eigenvalue weighted by atomic mass is 19.4. The Kier molecular flexibility index (Phi) is 5.41. The summed E-state index contributed by atoms with van der Waals surface area (Å²) in [6.07, 6.45) is -7.87. The van der Waals surface area contributed by atoms with Crippen LogP contribution in [0.3, 0.4) is 0 Å². The molecule has 0 unspecified atom stereocenters. The lowest BCUT2D eigenvalue weighted by molar-refractivity contribution is -0.275. The van der Waals surface area contributed by atoms with E-state index in [2.05, 4.69) is 14.5 Å². The molecule has 0 atom stereocenters. The van der Waals surface area contributed by atoms with E-state index in [1.165, 1.54) is 6.92 Å². The second-order valence-electron chi connectivity index (χ2n) is 3.64. The van der Waals surface area contributed by atoms with E-state index in [0.29, 0.717) is 6.20 Å². The lowest BCUT2D eigenvalue weighted by Crippen LogP contribution is -2.23. The lowest BCUT2D eigenvalue weighted by atomic mass is 10.1. The third-order valence-electron chi connectivity index (χ3n) is 2.26. The number of carbonyl (C=O) groups is 1. The Labute approximate surface area is 115 Å². The van der Waals surface area contributed by atoms with Crippen molar-refractivity contribution >= 4 is 5.97 Å². The fourth-order valence-corrected chi connectivity index (χ4v) is 1.50. The largest absolute Gasteiger partial charge is 0.573 e. The van der Waals surface area contributed by atoms with Gasteiger partial charge in [0.1, 0.15) is 5.56 Å². The zero-order valence-electron chi connectivity index (χ0n) is 10.7. The zero-order valence-corrected chi connectivity index (χ0v) is 10.7. The van der Waals surface area contributed by atoms with E-state index in [9.17, 15) is 26.7 Å². The van der Waals surface area contributed by atoms with E-state index in [1.54, 1.807) is 0 Å². The normalized spacial score (nSPS) is 11.6. The Morgan fingerprint density at radius 3 is 2.48 bits per heavy atom. The van der Waals surface area contributed by atoms with Gasteiger partial charge in [0.25, 0.3) is 6.43 Å². The van der Waals surface area contributed by atoms with E-state index in [1.807, 2.05) is 0 Å². The summed E-state index contributed by atoms with van der Waals surface area (Å²) in [6, 6.07) is 0. The van der Waals surface area contributed by atoms with E-state index in [4.69, 9.17) is 5.73 Å². The van der Waals surface area contributed by atoms with Gasteiger partial charge in [-0.1, -0.05) is 0 Å². The van der Waals surface area contributed by atoms with Crippen molar-refractivity contribution in [3.63, 3.8) is 0 Å². The van der Waals surface area contributed by atoms with Crippen LogP contribution in [0, 0.1) is 0 Å². The fourth-order valence-electron chi connectivity index (χ4n) is 1.50. The van der Waals surface area contributed by atoms with Gasteiger partial charge in [0.05, 0.1) is 17.9 Å². The Balaban J connectivity index is 3.52. The number of hydrogen-bond donors (Lipinski definition) is 1. The molecule has 1 heterocycles. The van der Waals surface area contributed by atoms with Crippen molar-refractivity contribution in [2.45, 2.75) is 26.3 Å². The van der Waals surface area contributed by atoms with Gasteiger partial charge in [0.2, 0.25) is 0 Å². The molecule has 2 N–H and O–H groups in total. The molecule has 0 fully saturated rings. The zero-order chi connectivity index (χ0) is 16.2. The maximum atomic E-state index is 12.9. The number of esters is 1. The average Bonchev–Trinajstić information content (AvgIpc) is 2.36. The molecular formula is C11H11F5N2O3. The molecule has 21 heavy (non-hydrogen) atoms. The predicted molar refractivity (Wildman–Crippen MR) is 59.7 cm³/mol. The molecule has 1 aromatic rings. The first-order valence-electron chi connectivity index (χ1n) is 5.64. The quantitative estimate of drug-likeness (QED) is 0.668. The third-order valence-corrected chi connectivity index (χ3v) is 2.26. The van der Waals surface area contributed by atoms with Crippen LogP contribution in [0.4, 0.5) is 22.0 Å². The van der Waals surface area contributed by atoms with Crippen LogP contribution in [0.25, 0.3) is 0 Å². The van der Waals surface area contributed by atoms with Gasteiger partial charge in [0, 0.05) is 12.7 Å². The molecule has 0 bridgehead atoms. The molecular weight excluding hydrogens is 303 g/mol. The van der Waals surface area contributed by atoms with E-state index < -0.39 is 47.9 Å². The highest BCUT2D eigenvalue weighted by Gasteiger charge is 2.37. The van der Waals surface area contributed by atoms with Crippen LogP contribution in [-0.4, -0.2) is 23.9 Å². The predicted octanol–water partition coefficient (Wildman–Crippen LogP) is 2.55. The highest BCUT2D eigenvalue weighted by Crippen LogP contribution is 2.35. The number of halogens is 5. The second kappa shape index (κ2) is 6.66. The molecule has 0 spiro atoms. The van der Waals surface area contributed by atoms with Crippen molar-refractivity contribution < 1.29 is 36.2 Å². The van der Waals surface area contributed by atoms with Crippen molar-refractivity contribution in [1.82, 2.24) is 4.98 Å². The number of hydrogen-bond acceptors (Lipinski definition) is 5. The minimum atomic E-state index is -5.20. The van der Waals surface area contributed by atoms with Gasteiger partial charge in [-0.15, -0.1) is 13.2 Å². The Morgan fingerprint density at radius 2 is 2.05 bits per heavy atom. The Hall–Kier alpha value is -1.97. The molecule has 0 aliphatic carbocycles. The molecule has 118 valence electrons. The van der Waals surface area contributed by atoms with Crippen molar-refractivity contribution in [3.8, 4) is 5.75 Å². The summed E-state index contributed by atoms with van der Waals surface area (Å²) in [6.45, 7) is 0.615. The van der Waals surface area contributed by atoms with Gasteiger partial charge in [-0.2, -0.15) is 0 Å². The van der Waals surface area contributed by atoms with Crippen LogP contribution < -0.4 is 10.5 Å². The van der Waals surface area contributed by atoms with Crippen molar-refractivity contribution in [2.24, 2.45) is 5.73 Å². The van der Waals surface area contributed by atoms with Crippen molar-refractivity contribution in [2.75, 3.05) is 6.61 Å². The third kappa shape index (κ3) is 4.25. The van der Waals surface area contributed by atoms with Gasteiger partial charge >= 0.3 is 12.3 Å². The number of carbonyl (C=O) groups excluding carboxylic acids is 1. The molecule has 0 aliphatic rings. The van der Waals surface area contributed by atoms with Crippen LogP contribution in [0.5, 0.6) is 5.75 Å². The van der Waals surface area contributed by atoms with Crippen LogP contribution in [0.1, 0.15) is 35.0 Å². The smallest absolute Gasteiger partial charge is 0.462 e. The first kappa shape index (κ1) is 17.1. The summed E-state index contributed by atoms with van der Waals surface area (Å²) >= 11 is 0. The van der Waals surface area contributed by atoms with Gasteiger partial charge in [-0.25, -0.2) is 13.6 Å². The van der Waals surface area contributed by atoms with Crippen LogP contribution in [0.2, 0.25) is 0 Å². The molecule has 1 aromatic heterocycles. The molecule has 0 saturated heterocycles. The van der Waals surface area contributed by atoms with Crippen molar-refractivity contribution in [3.05, 3.63) is 23.0 Å².